The maximum absolute atomic E-state index is 13.1. The molecule has 0 saturated carbocycles. The number of hydrogen-bond donors (Lipinski definition) is 3. The Morgan fingerprint density at radius 2 is 0.426 bits per heavy atom. The van der Waals surface area contributed by atoms with E-state index in [0.717, 1.165) is 89.9 Å². The first-order valence-electron chi connectivity index (χ1n) is 39.3. The minimum absolute atomic E-state index is 0.107. The van der Waals surface area contributed by atoms with Gasteiger partial charge in [0.15, 0.2) is 12.2 Å². The molecule has 5 atom stereocenters. The van der Waals surface area contributed by atoms with E-state index in [0.29, 0.717) is 25.7 Å². The largest absolute Gasteiger partial charge is 0.472 e. The Bertz CT molecular complexity index is 1790. The molecule has 0 amide bonds. The van der Waals surface area contributed by atoms with Crippen LogP contribution in [-0.4, -0.2) is 96.7 Å². The van der Waals surface area contributed by atoms with Crippen molar-refractivity contribution in [2.75, 3.05) is 39.6 Å². The summed E-state index contributed by atoms with van der Waals surface area (Å²) in [4.78, 5) is 72.6. The van der Waals surface area contributed by atoms with Crippen LogP contribution in [0.25, 0.3) is 0 Å². The molecule has 0 rings (SSSR count). The molecule has 0 bridgehead atoms. The summed E-state index contributed by atoms with van der Waals surface area (Å²) in [6.07, 6.45) is 59.7. The molecular formula is C75H146O17P2. The zero-order valence-electron chi connectivity index (χ0n) is 60.9. The number of aliphatic hydroxyl groups excluding tert-OH is 1. The number of carbonyl (C=O) groups is 4. The summed E-state index contributed by atoms with van der Waals surface area (Å²) < 4.78 is 68.4. The molecule has 0 radical (unpaired) electrons. The highest BCUT2D eigenvalue weighted by molar-refractivity contribution is 7.47. The van der Waals surface area contributed by atoms with Crippen molar-refractivity contribution in [2.24, 2.45) is 0 Å². The van der Waals surface area contributed by atoms with Crippen molar-refractivity contribution in [1.82, 2.24) is 0 Å². The molecule has 3 N–H and O–H groups in total. The van der Waals surface area contributed by atoms with Crippen LogP contribution in [0.1, 0.15) is 400 Å². The van der Waals surface area contributed by atoms with Crippen molar-refractivity contribution in [3.05, 3.63) is 0 Å². The number of rotatable bonds is 76. The molecule has 0 aliphatic rings. The lowest BCUT2D eigenvalue weighted by atomic mass is 10.0. The first kappa shape index (κ1) is 92.1. The molecule has 2 unspecified atom stereocenters. The number of phosphoric acid groups is 2. The van der Waals surface area contributed by atoms with E-state index in [-0.39, 0.29) is 25.7 Å². The van der Waals surface area contributed by atoms with Crippen LogP contribution < -0.4 is 0 Å². The lowest BCUT2D eigenvalue weighted by Crippen LogP contribution is -2.30. The van der Waals surface area contributed by atoms with Crippen LogP contribution in [-0.2, 0) is 65.4 Å². The monoisotopic (exact) mass is 1380 g/mol. The van der Waals surface area contributed by atoms with Crippen molar-refractivity contribution >= 4 is 39.5 Å². The van der Waals surface area contributed by atoms with Crippen molar-refractivity contribution in [3.63, 3.8) is 0 Å². The topological polar surface area (TPSA) is 237 Å². The first-order chi connectivity index (χ1) is 45.7. The summed E-state index contributed by atoms with van der Waals surface area (Å²) in [5, 5.41) is 10.6. The van der Waals surface area contributed by atoms with Gasteiger partial charge < -0.3 is 33.8 Å². The smallest absolute Gasteiger partial charge is 0.462 e. The number of hydrogen-bond acceptors (Lipinski definition) is 15. The summed E-state index contributed by atoms with van der Waals surface area (Å²) in [5.41, 5.74) is 0. The average molecular weight is 1380 g/mol. The summed E-state index contributed by atoms with van der Waals surface area (Å²) in [7, 11) is -9.90. The van der Waals surface area contributed by atoms with Gasteiger partial charge in [0.1, 0.15) is 19.3 Å². The lowest BCUT2D eigenvalue weighted by Gasteiger charge is -2.21. The van der Waals surface area contributed by atoms with Gasteiger partial charge >= 0.3 is 39.5 Å². The summed E-state index contributed by atoms with van der Waals surface area (Å²) >= 11 is 0. The Morgan fingerprint density at radius 3 is 0.628 bits per heavy atom. The van der Waals surface area contributed by atoms with E-state index in [1.54, 1.807) is 0 Å². The van der Waals surface area contributed by atoms with Crippen molar-refractivity contribution < 1.29 is 80.2 Å². The Kier molecular flexibility index (Phi) is 68.1. The molecule has 558 valence electrons. The Hall–Kier alpha value is -1.94. The van der Waals surface area contributed by atoms with Crippen LogP contribution in [0, 0.1) is 0 Å². The predicted octanol–water partition coefficient (Wildman–Crippen LogP) is 22.2. The molecule has 0 spiro atoms. The minimum atomic E-state index is -4.95. The third kappa shape index (κ3) is 68.6. The van der Waals surface area contributed by atoms with Crippen LogP contribution in [0.15, 0.2) is 0 Å². The van der Waals surface area contributed by atoms with Gasteiger partial charge in [-0.2, -0.15) is 0 Å². The van der Waals surface area contributed by atoms with Gasteiger partial charge in [0, 0.05) is 25.7 Å². The average Bonchev–Trinajstić information content (AvgIpc) is 3.28. The SMILES string of the molecule is CCCCCCCCCCCCCCCCCCCCCCCCC(=O)O[C@H](COC(=O)CCCCCCCCCCCCCC)COP(=O)(O)OC[C@@H](O)COP(=O)(O)OC[C@@H](COC(=O)CCCCCCCCCCCC)OC(=O)CCCCCCCCCCCC. The van der Waals surface area contributed by atoms with Crippen LogP contribution in [0.3, 0.4) is 0 Å². The molecule has 19 heteroatoms. The number of ether oxygens (including phenoxy) is 4. The fourth-order valence-corrected chi connectivity index (χ4v) is 13.2. The molecule has 0 fully saturated rings. The molecule has 94 heavy (non-hydrogen) atoms. The Balaban J connectivity index is 5.15. The van der Waals surface area contributed by atoms with Crippen LogP contribution in [0.4, 0.5) is 0 Å². The summed E-state index contributed by atoms with van der Waals surface area (Å²) in [6.45, 7) is 4.96. The number of aliphatic hydroxyl groups is 1. The van der Waals surface area contributed by atoms with Gasteiger partial charge in [0.2, 0.25) is 0 Å². The standard InChI is InChI=1S/C75H146O17P2/c1-5-9-13-17-21-25-29-31-32-33-34-35-36-37-38-39-40-42-46-50-54-58-62-75(80)92-71(66-86-73(78)60-56-52-48-45-41-30-26-22-18-14-10-6-2)68-90-94(83,84)88-64-69(76)63-87-93(81,82)89-67-70(91-74(79)61-57-53-49-44-28-24-20-16-12-8-4)65-85-72(77)59-55-51-47-43-27-23-19-15-11-7-3/h69-71,76H,5-68H2,1-4H3,(H,81,82)(H,83,84)/t69-,70+,71+/m0/s1. The van der Waals surface area contributed by atoms with Gasteiger partial charge in [-0.15, -0.1) is 0 Å². The molecular weight excluding hydrogens is 1230 g/mol. The highest BCUT2D eigenvalue weighted by Gasteiger charge is 2.30. The lowest BCUT2D eigenvalue weighted by molar-refractivity contribution is -0.161. The fraction of sp³-hybridized carbons (Fsp3) is 0.947. The minimum Gasteiger partial charge on any atom is -0.462 e. The zero-order valence-corrected chi connectivity index (χ0v) is 62.7. The normalized spacial score (nSPS) is 13.9. The van der Waals surface area contributed by atoms with Gasteiger partial charge in [0.25, 0.3) is 0 Å². The van der Waals surface area contributed by atoms with Crippen LogP contribution >= 0.6 is 15.6 Å². The van der Waals surface area contributed by atoms with Crippen molar-refractivity contribution in [3.8, 4) is 0 Å². The summed E-state index contributed by atoms with van der Waals surface area (Å²) in [5.74, 6) is -2.12. The Labute approximate surface area is 575 Å². The maximum Gasteiger partial charge on any atom is 0.472 e. The van der Waals surface area contributed by atoms with Crippen molar-refractivity contribution in [1.29, 1.82) is 0 Å². The number of carbonyl (C=O) groups excluding carboxylic acids is 4. The highest BCUT2D eigenvalue weighted by Crippen LogP contribution is 2.45. The molecule has 17 nitrogen and oxygen atoms in total. The molecule has 0 aromatic carbocycles. The number of unbranched alkanes of at least 4 members (excludes halogenated alkanes) is 50. The fourth-order valence-electron chi connectivity index (χ4n) is 11.6. The number of esters is 4. The van der Waals surface area contributed by atoms with E-state index in [9.17, 15) is 43.2 Å². The quantitative estimate of drug-likeness (QED) is 0.0222. The van der Waals surface area contributed by atoms with Gasteiger partial charge in [0.05, 0.1) is 26.4 Å². The van der Waals surface area contributed by atoms with E-state index in [1.807, 2.05) is 0 Å². The summed E-state index contributed by atoms with van der Waals surface area (Å²) in [6, 6.07) is 0. The third-order valence-corrected chi connectivity index (χ3v) is 19.5. The first-order valence-corrected chi connectivity index (χ1v) is 42.3. The zero-order chi connectivity index (χ0) is 69.0. The Morgan fingerprint density at radius 1 is 0.255 bits per heavy atom. The van der Waals surface area contributed by atoms with E-state index in [1.165, 1.54) is 231 Å². The molecule has 0 aromatic heterocycles. The second-order valence-electron chi connectivity index (χ2n) is 27.0. The van der Waals surface area contributed by atoms with Crippen LogP contribution in [0.5, 0.6) is 0 Å². The van der Waals surface area contributed by atoms with Gasteiger partial charge in [-0.1, -0.05) is 349 Å². The van der Waals surface area contributed by atoms with Crippen molar-refractivity contribution in [2.45, 2.75) is 418 Å². The predicted molar refractivity (Wildman–Crippen MR) is 382 cm³/mol. The van der Waals surface area contributed by atoms with Gasteiger partial charge in [-0.05, 0) is 25.7 Å². The van der Waals surface area contributed by atoms with E-state index in [4.69, 9.17) is 37.0 Å². The van der Waals surface area contributed by atoms with E-state index in [2.05, 4.69) is 27.7 Å². The van der Waals surface area contributed by atoms with Gasteiger partial charge in [-0.3, -0.25) is 37.3 Å². The van der Waals surface area contributed by atoms with Crippen LogP contribution in [0.2, 0.25) is 0 Å². The molecule has 0 aliphatic heterocycles. The third-order valence-electron chi connectivity index (χ3n) is 17.6. The molecule has 0 aromatic rings. The van der Waals surface area contributed by atoms with E-state index >= 15 is 0 Å². The molecule has 0 saturated heterocycles. The maximum atomic E-state index is 13.1. The second-order valence-corrected chi connectivity index (χ2v) is 29.9. The molecule has 0 heterocycles. The molecule has 0 aliphatic carbocycles. The number of phosphoric ester groups is 2. The van der Waals surface area contributed by atoms with E-state index < -0.39 is 97.5 Å². The highest BCUT2D eigenvalue weighted by atomic mass is 31.2. The second kappa shape index (κ2) is 69.5. The van der Waals surface area contributed by atoms with Gasteiger partial charge in [-0.25, -0.2) is 9.13 Å².